The fourth-order valence-corrected chi connectivity index (χ4v) is 2.73. The molecule has 3 rings (SSSR count). The molecule has 0 saturated carbocycles. The van der Waals surface area contributed by atoms with E-state index in [4.69, 9.17) is 15.2 Å². The average Bonchev–Trinajstić information content (AvgIpc) is 3.09. The number of hydrogen-bond donors (Lipinski definition) is 2. The van der Waals surface area contributed by atoms with Gasteiger partial charge in [0.05, 0.1) is 25.5 Å². The molecule has 0 spiro atoms. The number of hydrogen-bond acceptors (Lipinski definition) is 7. The third-order valence-electron chi connectivity index (χ3n) is 3.99. The van der Waals surface area contributed by atoms with Crippen molar-refractivity contribution >= 4 is 11.6 Å². The number of halogens is 1. The Kier molecular flexibility index (Phi) is 4.58. The number of Topliss-reactive ketones (excluding diaryl/α,β-unsaturated/α-hetero) is 1. The number of aliphatic hydroxyl groups is 1. The summed E-state index contributed by atoms with van der Waals surface area (Å²) in [5, 5.41) is 9.36. The molecule has 1 aromatic heterocycles. The van der Waals surface area contributed by atoms with Crippen molar-refractivity contribution in [3.63, 3.8) is 0 Å². The lowest BCUT2D eigenvalue weighted by atomic mass is 9.99. The molecule has 0 bridgehead atoms. The van der Waals surface area contributed by atoms with Crippen LogP contribution in [0.5, 0.6) is 5.75 Å². The van der Waals surface area contributed by atoms with E-state index in [1.807, 2.05) is 0 Å². The molecule has 2 aromatic rings. The minimum atomic E-state index is -2.03. The van der Waals surface area contributed by atoms with Crippen molar-refractivity contribution in [3.05, 3.63) is 64.5 Å². The van der Waals surface area contributed by atoms with Gasteiger partial charge < -0.3 is 20.3 Å². The summed E-state index contributed by atoms with van der Waals surface area (Å²) in [4.78, 5) is 29.0. The maximum Gasteiger partial charge on any atom is 0.352 e. The topological polar surface area (TPSA) is 117 Å². The third-order valence-corrected chi connectivity index (χ3v) is 3.99. The minimum Gasteiger partial charge on any atom is -0.496 e. The molecule has 3 N–H and O–H groups in total. The standard InChI is InChI=1S/C17H16FN3O5/c1-25-13-5-3-2-4-11(13)14(23)17(7-6-10(9-22)26-17)21-8-12(18)15(19)20-16(21)24/h2-8,10,22H,9H2,1H3,(H2,19,20,24)/t10-,17-/m0/s1. The molecular weight excluding hydrogens is 345 g/mol. The predicted molar refractivity (Wildman–Crippen MR) is 89.3 cm³/mol. The average molecular weight is 361 g/mol. The Morgan fingerprint density at radius 3 is 2.88 bits per heavy atom. The van der Waals surface area contributed by atoms with Crippen LogP contribution < -0.4 is 16.2 Å². The normalized spacial score (nSPS) is 21.7. The summed E-state index contributed by atoms with van der Waals surface area (Å²) in [6.07, 6.45) is 2.58. The number of benzene rings is 1. The van der Waals surface area contributed by atoms with Crippen molar-refractivity contribution in [1.82, 2.24) is 9.55 Å². The van der Waals surface area contributed by atoms with Crippen molar-refractivity contribution in [1.29, 1.82) is 0 Å². The first-order valence-corrected chi connectivity index (χ1v) is 7.64. The van der Waals surface area contributed by atoms with E-state index >= 15 is 0 Å². The van der Waals surface area contributed by atoms with E-state index < -0.39 is 41.5 Å². The van der Waals surface area contributed by atoms with Crippen LogP contribution in [-0.4, -0.2) is 40.3 Å². The van der Waals surface area contributed by atoms with Gasteiger partial charge in [-0.3, -0.25) is 9.36 Å². The molecule has 136 valence electrons. The number of methoxy groups -OCH3 is 1. The summed E-state index contributed by atoms with van der Waals surface area (Å²) >= 11 is 0. The number of carbonyl (C=O) groups excluding carboxylic acids is 1. The Bertz CT molecular complexity index is 942. The van der Waals surface area contributed by atoms with E-state index in [0.717, 1.165) is 6.20 Å². The van der Waals surface area contributed by atoms with E-state index in [1.165, 1.54) is 25.3 Å². The number of nitrogens with two attached hydrogens (primary N) is 1. The molecule has 26 heavy (non-hydrogen) atoms. The smallest absolute Gasteiger partial charge is 0.352 e. The highest BCUT2D eigenvalue weighted by molar-refractivity contribution is 6.04. The molecule has 0 fully saturated rings. The highest BCUT2D eigenvalue weighted by Gasteiger charge is 2.47. The number of anilines is 1. The second-order valence-electron chi connectivity index (χ2n) is 5.55. The molecule has 1 aromatic carbocycles. The number of rotatable bonds is 5. The summed E-state index contributed by atoms with van der Waals surface area (Å²) in [5.74, 6) is -2.01. The van der Waals surface area contributed by atoms with Crippen LogP contribution in [0.15, 0.2) is 47.4 Å². The monoisotopic (exact) mass is 361 g/mol. The van der Waals surface area contributed by atoms with Gasteiger partial charge in [0.25, 0.3) is 0 Å². The van der Waals surface area contributed by atoms with Gasteiger partial charge in [0, 0.05) is 0 Å². The first-order chi connectivity index (χ1) is 12.4. The summed E-state index contributed by atoms with van der Waals surface area (Å²) in [7, 11) is 1.39. The lowest BCUT2D eigenvalue weighted by Gasteiger charge is -2.29. The molecular formula is C17H16FN3O5. The zero-order valence-electron chi connectivity index (χ0n) is 13.8. The van der Waals surface area contributed by atoms with E-state index in [1.54, 1.807) is 18.2 Å². The van der Waals surface area contributed by atoms with Gasteiger partial charge in [-0.15, -0.1) is 0 Å². The Hall–Kier alpha value is -3.04. The van der Waals surface area contributed by atoms with E-state index in [-0.39, 0.29) is 11.3 Å². The molecule has 0 saturated heterocycles. The summed E-state index contributed by atoms with van der Waals surface area (Å²) < 4.78 is 25.5. The number of ketones is 1. The molecule has 0 unspecified atom stereocenters. The lowest BCUT2D eigenvalue weighted by molar-refractivity contribution is -0.0709. The number of ether oxygens (including phenoxy) is 2. The van der Waals surface area contributed by atoms with Crippen LogP contribution in [0, 0.1) is 5.82 Å². The maximum absolute atomic E-state index is 14.0. The van der Waals surface area contributed by atoms with Gasteiger partial charge in [0.2, 0.25) is 11.5 Å². The van der Waals surface area contributed by atoms with Gasteiger partial charge in [-0.2, -0.15) is 4.98 Å². The first-order valence-electron chi connectivity index (χ1n) is 7.64. The molecule has 0 aliphatic carbocycles. The summed E-state index contributed by atoms with van der Waals surface area (Å²) in [5.41, 5.74) is 2.42. The minimum absolute atomic E-state index is 0.113. The van der Waals surface area contributed by atoms with Crippen LogP contribution in [0.4, 0.5) is 10.2 Å². The number of nitrogens with zero attached hydrogens (tertiary/aromatic N) is 2. The van der Waals surface area contributed by atoms with E-state index in [9.17, 15) is 19.1 Å². The largest absolute Gasteiger partial charge is 0.496 e. The molecule has 0 radical (unpaired) electrons. The Morgan fingerprint density at radius 2 is 2.23 bits per heavy atom. The van der Waals surface area contributed by atoms with Crippen LogP contribution in [0.1, 0.15) is 10.4 Å². The van der Waals surface area contributed by atoms with Crippen LogP contribution in [-0.2, 0) is 10.5 Å². The SMILES string of the molecule is COc1ccccc1C(=O)[C@]1(n2cc(F)c(N)nc2=O)C=C[C@@H](CO)O1. The van der Waals surface area contributed by atoms with E-state index in [0.29, 0.717) is 4.57 Å². The quantitative estimate of drug-likeness (QED) is 0.587. The van der Waals surface area contributed by atoms with Gasteiger partial charge in [0.1, 0.15) is 11.9 Å². The highest BCUT2D eigenvalue weighted by atomic mass is 19.1. The van der Waals surface area contributed by atoms with Gasteiger partial charge in [-0.25, -0.2) is 9.18 Å². The molecule has 1 aliphatic rings. The van der Waals surface area contributed by atoms with Crippen molar-refractivity contribution in [3.8, 4) is 5.75 Å². The molecule has 2 heterocycles. The summed E-state index contributed by atoms with van der Waals surface area (Å²) in [6, 6.07) is 6.32. The van der Waals surface area contributed by atoms with Crippen LogP contribution in [0.3, 0.4) is 0 Å². The number of para-hydroxylation sites is 1. The molecule has 2 atom stereocenters. The van der Waals surface area contributed by atoms with Crippen molar-refractivity contribution in [2.45, 2.75) is 11.8 Å². The van der Waals surface area contributed by atoms with Crippen molar-refractivity contribution in [2.24, 2.45) is 0 Å². The van der Waals surface area contributed by atoms with Crippen molar-refractivity contribution in [2.75, 3.05) is 19.5 Å². The number of aromatic nitrogens is 2. The first kappa shape index (κ1) is 17.8. The predicted octanol–water partition coefficient (Wildman–Crippen LogP) is 0.456. The van der Waals surface area contributed by atoms with E-state index in [2.05, 4.69) is 4.98 Å². The van der Waals surface area contributed by atoms with Crippen LogP contribution in [0.25, 0.3) is 0 Å². The van der Waals surface area contributed by atoms with Gasteiger partial charge >= 0.3 is 5.69 Å². The lowest BCUT2D eigenvalue weighted by Crippen LogP contribution is -2.48. The second kappa shape index (κ2) is 6.70. The van der Waals surface area contributed by atoms with Gasteiger partial charge in [-0.05, 0) is 18.2 Å². The Balaban J connectivity index is 2.22. The highest BCUT2D eigenvalue weighted by Crippen LogP contribution is 2.34. The fourth-order valence-electron chi connectivity index (χ4n) is 2.73. The third kappa shape index (κ3) is 2.76. The van der Waals surface area contributed by atoms with Crippen molar-refractivity contribution < 1.29 is 23.8 Å². The number of carbonyl (C=O) groups is 1. The Labute approximate surface area is 147 Å². The zero-order valence-corrected chi connectivity index (χ0v) is 13.8. The fraction of sp³-hybridized carbons (Fsp3) is 0.235. The molecule has 1 aliphatic heterocycles. The summed E-state index contributed by atoms with van der Waals surface area (Å²) in [6.45, 7) is -0.433. The molecule has 8 nitrogen and oxygen atoms in total. The van der Waals surface area contributed by atoms with Gasteiger partial charge in [0.15, 0.2) is 11.6 Å². The van der Waals surface area contributed by atoms with Gasteiger partial charge in [-0.1, -0.05) is 18.2 Å². The van der Waals surface area contributed by atoms with Crippen LogP contribution in [0.2, 0.25) is 0 Å². The number of aliphatic hydroxyl groups excluding tert-OH is 1. The Morgan fingerprint density at radius 1 is 1.50 bits per heavy atom. The molecule has 0 amide bonds. The molecule has 9 heteroatoms. The van der Waals surface area contributed by atoms with Crippen LogP contribution >= 0.6 is 0 Å². The number of nitrogen functional groups attached to an aromatic ring is 1. The zero-order chi connectivity index (χ0) is 18.9. The second-order valence-corrected chi connectivity index (χ2v) is 5.55. The maximum atomic E-state index is 14.0.